The first kappa shape index (κ1) is 17.5. The summed E-state index contributed by atoms with van der Waals surface area (Å²) in [4.78, 5) is 13.6. The van der Waals surface area contributed by atoms with Crippen molar-refractivity contribution in [1.82, 2.24) is 10.2 Å². The molecule has 0 unspecified atom stereocenters. The number of aliphatic hydroxyl groups excluding tert-OH is 1. The fourth-order valence-electron chi connectivity index (χ4n) is 3.04. The molecule has 0 aromatic rings. The van der Waals surface area contributed by atoms with E-state index in [-0.39, 0.29) is 17.6 Å². The van der Waals surface area contributed by atoms with E-state index in [1.807, 2.05) is 20.8 Å². The van der Waals surface area contributed by atoms with Gasteiger partial charge >= 0.3 is 6.09 Å². The number of likely N-dealkylation sites (tertiary alicyclic amines) is 1. The average molecular weight is 314 g/mol. The van der Waals surface area contributed by atoms with E-state index in [2.05, 4.69) is 5.32 Å². The molecular formula is C16H30N2O4. The van der Waals surface area contributed by atoms with E-state index in [0.717, 1.165) is 19.4 Å². The Morgan fingerprint density at radius 2 is 2.05 bits per heavy atom. The first-order chi connectivity index (χ1) is 10.2. The highest BCUT2D eigenvalue weighted by molar-refractivity contribution is 5.68. The predicted octanol–water partition coefficient (Wildman–Crippen LogP) is 1.37. The summed E-state index contributed by atoms with van der Waals surface area (Å²) in [5.41, 5.74) is -0.526. The Morgan fingerprint density at radius 1 is 1.36 bits per heavy atom. The van der Waals surface area contributed by atoms with Crippen molar-refractivity contribution < 1.29 is 19.4 Å². The van der Waals surface area contributed by atoms with Crippen LogP contribution < -0.4 is 5.32 Å². The van der Waals surface area contributed by atoms with Crippen LogP contribution in [-0.4, -0.2) is 66.7 Å². The molecule has 1 heterocycles. The lowest BCUT2D eigenvalue weighted by molar-refractivity contribution is -0.0700. The van der Waals surface area contributed by atoms with Crippen LogP contribution in [0.15, 0.2) is 0 Å². The topological polar surface area (TPSA) is 71.0 Å². The largest absolute Gasteiger partial charge is 0.444 e. The Labute approximate surface area is 133 Å². The fourth-order valence-corrected chi connectivity index (χ4v) is 3.04. The van der Waals surface area contributed by atoms with Crippen molar-refractivity contribution in [3.05, 3.63) is 0 Å². The molecule has 2 aliphatic rings. The second-order valence-electron chi connectivity index (χ2n) is 7.58. The molecule has 2 fully saturated rings. The molecule has 6 heteroatoms. The van der Waals surface area contributed by atoms with Gasteiger partial charge < -0.3 is 24.8 Å². The Balaban J connectivity index is 1.75. The van der Waals surface area contributed by atoms with Crippen LogP contribution in [0.2, 0.25) is 0 Å². The Hall–Kier alpha value is -0.850. The quantitative estimate of drug-likeness (QED) is 0.802. The third kappa shape index (κ3) is 4.33. The monoisotopic (exact) mass is 314 g/mol. The van der Waals surface area contributed by atoms with Gasteiger partial charge in [0.2, 0.25) is 0 Å². The number of nitrogens with one attached hydrogen (secondary N) is 1. The number of carbonyl (C=O) groups is 1. The minimum absolute atomic E-state index is 0.0194. The summed E-state index contributed by atoms with van der Waals surface area (Å²) >= 11 is 0. The summed E-state index contributed by atoms with van der Waals surface area (Å²) in [6.45, 7) is 7.90. The summed E-state index contributed by atoms with van der Waals surface area (Å²) in [7, 11) is 1.76. The van der Waals surface area contributed by atoms with Gasteiger partial charge in [0.05, 0.1) is 18.2 Å². The van der Waals surface area contributed by atoms with Crippen molar-refractivity contribution in [2.75, 3.05) is 33.3 Å². The van der Waals surface area contributed by atoms with Gasteiger partial charge in [-0.25, -0.2) is 4.79 Å². The molecule has 0 radical (unpaired) electrons. The number of amides is 1. The summed E-state index contributed by atoms with van der Waals surface area (Å²) in [5, 5.41) is 13.5. The van der Waals surface area contributed by atoms with Gasteiger partial charge in [-0.2, -0.15) is 0 Å². The molecule has 22 heavy (non-hydrogen) atoms. The SMILES string of the molecule is COC1(CNC[C@@H]2CN(C(=O)OC(C)(C)C)C[C@@H]2O)CCC1. The van der Waals surface area contributed by atoms with Crippen LogP contribution in [0.1, 0.15) is 40.0 Å². The van der Waals surface area contributed by atoms with Crippen LogP contribution in [0.5, 0.6) is 0 Å². The minimum Gasteiger partial charge on any atom is -0.444 e. The molecule has 128 valence electrons. The molecule has 2 N–H and O–H groups in total. The summed E-state index contributed by atoms with van der Waals surface area (Å²) in [5.74, 6) is 0.0431. The van der Waals surface area contributed by atoms with Gasteiger partial charge in [-0.1, -0.05) is 0 Å². The smallest absolute Gasteiger partial charge is 0.410 e. The third-order valence-corrected chi connectivity index (χ3v) is 4.61. The van der Waals surface area contributed by atoms with Gasteiger partial charge in [-0.05, 0) is 40.0 Å². The summed E-state index contributed by atoms with van der Waals surface area (Å²) < 4.78 is 10.9. The van der Waals surface area contributed by atoms with Crippen molar-refractivity contribution in [1.29, 1.82) is 0 Å². The molecule has 0 bridgehead atoms. The average Bonchev–Trinajstić information content (AvgIpc) is 2.72. The standard InChI is InChI=1S/C16H30N2O4/c1-15(2,3)22-14(20)18-9-12(13(19)10-18)8-17-11-16(21-4)6-5-7-16/h12-13,17,19H,5-11H2,1-4H3/t12-,13+/m1/s1. The number of methoxy groups -OCH3 is 1. The number of β-amino-alcohol motifs (C(OH)–C–C–N with tert-alkyl or cyclic N) is 1. The highest BCUT2D eigenvalue weighted by Crippen LogP contribution is 2.34. The van der Waals surface area contributed by atoms with Crippen LogP contribution in [-0.2, 0) is 9.47 Å². The van der Waals surface area contributed by atoms with Crippen molar-refractivity contribution in [2.24, 2.45) is 5.92 Å². The zero-order chi connectivity index (χ0) is 16.4. The third-order valence-electron chi connectivity index (χ3n) is 4.61. The lowest BCUT2D eigenvalue weighted by atomic mass is 9.80. The second-order valence-corrected chi connectivity index (χ2v) is 7.58. The molecule has 1 amide bonds. The summed E-state index contributed by atoms with van der Waals surface area (Å²) in [6.07, 6.45) is 2.55. The number of aliphatic hydroxyl groups is 1. The number of rotatable bonds is 5. The zero-order valence-electron chi connectivity index (χ0n) is 14.2. The van der Waals surface area contributed by atoms with Crippen LogP contribution in [0.4, 0.5) is 4.79 Å². The molecule has 0 spiro atoms. The van der Waals surface area contributed by atoms with Gasteiger partial charge in [-0.3, -0.25) is 0 Å². The number of hydrogen-bond acceptors (Lipinski definition) is 5. The van der Waals surface area contributed by atoms with Crippen LogP contribution in [0.3, 0.4) is 0 Å². The van der Waals surface area contributed by atoms with E-state index in [0.29, 0.717) is 19.6 Å². The van der Waals surface area contributed by atoms with Crippen molar-refractivity contribution >= 4 is 6.09 Å². The Bertz CT molecular complexity index is 385. The molecule has 1 saturated carbocycles. The first-order valence-electron chi connectivity index (χ1n) is 8.16. The molecule has 1 aliphatic heterocycles. The molecule has 0 aromatic carbocycles. The highest BCUT2D eigenvalue weighted by atomic mass is 16.6. The van der Waals surface area contributed by atoms with Crippen LogP contribution in [0, 0.1) is 5.92 Å². The highest BCUT2D eigenvalue weighted by Gasteiger charge is 2.39. The maximum absolute atomic E-state index is 12.0. The molecule has 0 aromatic heterocycles. The first-order valence-corrected chi connectivity index (χ1v) is 8.16. The lowest BCUT2D eigenvalue weighted by Crippen LogP contribution is -2.49. The molecule has 6 nitrogen and oxygen atoms in total. The fraction of sp³-hybridized carbons (Fsp3) is 0.938. The number of hydrogen-bond donors (Lipinski definition) is 2. The molecule has 1 saturated heterocycles. The van der Waals surface area contributed by atoms with Crippen molar-refractivity contribution in [3.8, 4) is 0 Å². The molecule has 2 rings (SSSR count). The Morgan fingerprint density at radius 3 is 2.55 bits per heavy atom. The van der Waals surface area contributed by atoms with Gasteiger partial charge in [0.1, 0.15) is 5.60 Å². The van der Waals surface area contributed by atoms with Crippen LogP contribution >= 0.6 is 0 Å². The predicted molar refractivity (Wildman–Crippen MR) is 83.8 cm³/mol. The number of ether oxygens (including phenoxy) is 2. The summed E-state index contributed by atoms with van der Waals surface area (Å²) in [6, 6.07) is 0. The van der Waals surface area contributed by atoms with Crippen LogP contribution in [0.25, 0.3) is 0 Å². The van der Waals surface area contributed by atoms with Gasteiger partial charge in [-0.15, -0.1) is 0 Å². The zero-order valence-corrected chi connectivity index (χ0v) is 14.2. The van der Waals surface area contributed by atoms with Crippen molar-refractivity contribution in [3.63, 3.8) is 0 Å². The number of carbonyl (C=O) groups excluding carboxylic acids is 1. The maximum atomic E-state index is 12.0. The lowest BCUT2D eigenvalue weighted by Gasteiger charge is -2.41. The molecule has 1 aliphatic carbocycles. The molecule has 2 atom stereocenters. The van der Waals surface area contributed by atoms with Gasteiger partial charge in [0, 0.05) is 32.7 Å². The van der Waals surface area contributed by atoms with Gasteiger partial charge in [0.15, 0.2) is 0 Å². The van der Waals surface area contributed by atoms with Gasteiger partial charge in [0.25, 0.3) is 0 Å². The van der Waals surface area contributed by atoms with Crippen molar-refractivity contribution in [2.45, 2.75) is 57.3 Å². The minimum atomic E-state index is -0.507. The number of nitrogens with zero attached hydrogens (tertiary/aromatic N) is 1. The van der Waals surface area contributed by atoms with E-state index < -0.39 is 11.7 Å². The van der Waals surface area contributed by atoms with E-state index in [4.69, 9.17) is 9.47 Å². The second kappa shape index (κ2) is 6.72. The Kier molecular flexibility index (Phi) is 5.35. The molecular weight excluding hydrogens is 284 g/mol. The van der Waals surface area contributed by atoms with E-state index in [1.54, 1.807) is 12.0 Å². The van der Waals surface area contributed by atoms with E-state index in [1.165, 1.54) is 6.42 Å². The maximum Gasteiger partial charge on any atom is 0.410 e. The normalized spacial score (nSPS) is 27.6. The van der Waals surface area contributed by atoms with E-state index in [9.17, 15) is 9.90 Å². The van der Waals surface area contributed by atoms with E-state index >= 15 is 0 Å².